The van der Waals surface area contributed by atoms with Crippen molar-refractivity contribution < 1.29 is 19.2 Å². The smallest absolute Gasteiger partial charge is 0.235 e. The van der Waals surface area contributed by atoms with E-state index in [0.717, 1.165) is 38.5 Å². The second-order valence-corrected chi connectivity index (χ2v) is 8.24. The van der Waals surface area contributed by atoms with Crippen molar-refractivity contribution >= 4 is 23.6 Å². The minimum absolute atomic E-state index is 0.139. The van der Waals surface area contributed by atoms with E-state index in [9.17, 15) is 19.2 Å². The van der Waals surface area contributed by atoms with Crippen LogP contribution in [-0.4, -0.2) is 58.6 Å². The van der Waals surface area contributed by atoms with Crippen LogP contribution in [0, 0.1) is 11.8 Å². The minimum atomic E-state index is -0.680. The lowest BCUT2D eigenvalue weighted by Gasteiger charge is -2.37. The molecule has 0 spiro atoms. The van der Waals surface area contributed by atoms with Gasteiger partial charge in [0.1, 0.15) is 11.8 Å². The Morgan fingerprint density at radius 1 is 0.750 bits per heavy atom. The predicted octanol–water partition coefficient (Wildman–Crippen LogP) is 0.772. The zero-order chi connectivity index (χ0) is 20.8. The fourth-order valence-electron chi connectivity index (χ4n) is 4.32. The molecule has 8 nitrogen and oxygen atoms in total. The lowest BCUT2D eigenvalue weighted by Crippen LogP contribution is -2.50. The summed E-state index contributed by atoms with van der Waals surface area (Å²) in [4.78, 5) is 51.2. The second kappa shape index (κ2) is 9.89. The third-order valence-electron chi connectivity index (χ3n) is 6.21. The monoisotopic (exact) mass is 394 g/mol. The zero-order valence-corrected chi connectivity index (χ0v) is 17.1. The average Bonchev–Trinajstić information content (AvgIpc) is 2.61. The third-order valence-corrected chi connectivity index (χ3v) is 6.21. The molecule has 0 saturated carbocycles. The van der Waals surface area contributed by atoms with Gasteiger partial charge in [-0.25, -0.2) is 0 Å². The highest BCUT2D eigenvalue weighted by Crippen LogP contribution is 2.25. The van der Waals surface area contributed by atoms with Gasteiger partial charge in [-0.2, -0.15) is 0 Å². The number of carbonyl (C=O) groups is 4. The van der Waals surface area contributed by atoms with Crippen molar-refractivity contribution in [3.05, 3.63) is 0 Å². The summed E-state index contributed by atoms with van der Waals surface area (Å²) in [5.41, 5.74) is 10.7. The van der Waals surface area contributed by atoms with Gasteiger partial charge in [0.05, 0.1) is 0 Å². The molecule has 2 aliphatic rings. The molecule has 0 aromatic heterocycles. The van der Waals surface area contributed by atoms with Crippen LogP contribution in [0.3, 0.4) is 0 Å². The SMILES string of the molecule is CC1CCC(C(N)=O)C(=O)N1CCCCCCN1C(=O)C(C(N)=O)CCC1C. The second-order valence-electron chi connectivity index (χ2n) is 8.24. The van der Waals surface area contributed by atoms with Crippen LogP contribution in [0.25, 0.3) is 0 Å². The van der Waals surface area contributed by atoms with Crippen LogP contribution in [0.5, 0.6) is 0 Å². The number of unbranched alkanes of at least 4 members (excludes halogenated alkanes) is 3. The van der Waals surface area contributed by atoms with E-state index in [4.69, 9.17) is 11.5 Å². The highest BCUT2D eigenvalue weighted by Gasteiger charge is 2.37. The van der Waals surface area contributed by atoms with E-state index in [1.54, 1.807) is 9.80 Å². The maximum absolute atomic E-state index is 12.4. The molecule has 0 aliphatic carbocycles. The summed E-state index contributed by atoms with van der Waals surface area (Å²) in [5.74, 6) is -2.71. The summed E-state index contributed by atoms with van der Waals surface area (Å²) < 4.78 is 0. The first-order chi connectivity index (χ1) is 13.2. The molecule has 4 amide bonds. The van der Waals surface area contributed by atoms with Crippen molar-refractivity contribution in [3.63, 3.8) is 0 Å². The van der Waals surface area contributed by atoms with Gasteiger partial charge >= 0.3 is 0 Å². The Labute approximate surface area is 167 Å². The van der Waals surface area contributed by atoms with Crippen molar-refractivity contribution in [2.75, 3.05) is 13.1 Å². The van der Waals surface area contributed by atoms with Gasteiger partial charge in [0.2, 0.25) is 23.6 Å². The first-order valence-corrected chi connectivity index (χ1v) is 10.4. The van der Waals surface area contributed by atoms with Crippen molar-refractivity contribution in [3.8, 4) is 0 Å². The molecule has 28 heavy (non-hydrogen) atoms. The van der Waals surface area contributed by atoms with Crippen molar-refractivity contribution in [1.82, 2.24) is 9.80 Å². The largest absolute Gasteiger partial charge is 0.369 e. The number of amides is 4. The topological polar surface area (TPSA) is 127 Å². The number of primary amides is 2. The number of nitrogens with zero attached hydrogens (tertiary/aromatic N) is 2. The van der Waals surface area contributed by atoms with Crippen LogP contribution in [-0.2, 0) is 19.2 Å². The molecule has 2 fully saturated rings. The molecule has 4 atom stereocenters. The molecule has 0 radical (unpaired) electrons. The summed E-state index contributed by atoms with van der Waals surface area (Å²) in [5, 5.41) is 0. The summed E-state index contributed by atoms with van der Waals surface area (Å²) >= 11 is 0. The summed E-state index contributed by atoms with van der Waals surface area (Å²) in [6.45, 7) is 5.28. The summed E-state index contributed by atoms with van der Waals surface area (Å²) in [6.07, 6.45) is 6.27. The molecular weight excluding hydrogens is 360 g/mol. The zero-order valence-electron chi connectivity index (χ0n) is 17.1. The number of carbonyl (C=O) groups excluding carboxylic acids is 4. The number of likely N-dealkylation sites (tertiary alicyclic amines) is 2. The molecule has 2 saturated heterocycles. The Hall–Kier alpha value is -2.12. The molecule has 0 bridgehead atoms. The molecule has 8 heteroatoms. The fourth-order valence-corrected chi connectivity index (χ4v) is 4.32. The predicted molar refractivity (Wildman–Crippen MR) is 105 cm³/mol. The molecular formula is C20H34N4O4. The van der Waals surface area contributed by atoms with Crippen LogP contribution >= 0.6 is 0 Å². The number of rotatable bonds is 9. The Morgan fingerprint density at radius 2 is 1.11 bits per heavy atom. The number of nitrogens with two attached hydrogens (primary N) is 2. The van der Waals surface area contributed by atoms with Crippen molar-refractivity contribution in [1.29, 1.82) is 0 Å². The van der Waals surface area contributed by atoms with E-state index in [1.165, 1.54) is 0 Å². The van der Waals surface area contributed by atoms with Crippen molar-refractivity contribution in [2.24, 2.45) is 23.3 Å². The summed E-state index contributed by atoms with van der Waals surface area (Å²) in [6, 6.07) is 0.279. The number of piperidine rings is 2. The van der Waals surface area contributed by atoms with Crippen LogP contribution in [0.15, 0.2) is 0 Å². The first-order valence-electron chi connectivity index (χ1n) is 10.4. The molecule has 2 rings (SSSR count). The lowest BCUT2D eigenvalue weighted by molar-refractivity contribution is -0.148. The maximum atomic E-state index is 12.4. The van der Waals surface area contributed by atoms with E-state index in [1.807, 2.05) is 13.8 Å². The van der Waals surface area contributed by atoms with E-state index in [0.29, 0.717) is 25.9 Å². The Kier molecular flexibility index (Phi) is 7.83. The molecule has 2 heterocycles. The molecule has 0 aromatic carbocycles. The Morgan fingerprint density at radius 3 is 1.43 bits per heavy atom. The minimum Gasteiger partial charge on any atom is -0.369 e. The van der Waals surface area contributed by atoms with Gasteiger partial charge in [-0.05, 0) is 52.4 Å². The van der Waals surface area contributed by atoms with Crippen LogP contribution in [0.1, 0.15) is 65.2 Å². The third kappa shape index (κ3) is 5.23. The molecule has 0 aromatic rings. The fraction of sp³-hybridized carbons (Fsp3) is 0.800. The summed E-state index contributed by atoms with van der Waals surface area (Å²) in [7, 11) is 0. The molecule has 158 valence electrons. The van der Waals surface area contributed by atoms with Crippen LogP contribution in [0.2, 0.25) is 0 Å². The maximum Gasteiger partial charge on any atom is 0.235 e. The number of hydrogen-bond acceptors (Lipinski definition) is 4. The Balaban J connectivity index is 1.71. The standard InChI is InChI=1S/C20H34N4O4/c1-13-7-9-15(17(21)25)19(27)23(13)11-5-3-4-6-12-24-14(2)8-10-16(18(22)26)20(24)28/h13-16H,3-12H2,1-2H3,(H2,21,25)(H2,22,26). The average molecular weight is 395 g/mol. The van der Waals surface area contributed by atoms with Crippen LogP contribution in [0.4, 0.5) is 0 Å². The highest BCUT2D eigenvalue weighted by molar-refractivity contribution is 6.00. The van der Waals surface area contributed by atoms with Gasteiger partial charge in [0.25, 0.3) is 0 Å². The van der Waals surface area contributed by atoms with Crippen LogP contribution < -0.4 is 11.5 Å². The number of hydrogen-bond donors (Lipinski definition) is 2. The molecule has 4 unspecified atom stereocenters. The van der Waals surface area contributed by atoms with Crippen molar-refractivity contribution in [2.45, 2.75) is 77.3 Å². The van der Waals surface area contributed by atoms with Gasteiger partial charge in [-0.15, -0.1) is 0 Å². The Bertz CT molecular complexity index is 557. The molecule has 2 aliphatic heterocycles. The van der Waals surface area contributed by atoms with Gasteiger partial charge < -0.3 is 21.3 Å². The molecule has 4 N–H and O–H groups in total. The highest BCUT2D eigenvalue weighted by atomic mass is 16.2. The lowest BCUT2D eigenvalue weighted by atomic mass is 9.91. The van der Waals surface area contributed by atoms with E-state index >= 15 is 0 Å². The van der Waals surface area contributed by atoms with E-state index < -0.39 is 23.7 Å². The van der Waals surface area contributed by atoms with Gasteiger partial charge in [-0.1, -0.05) is 12.8 Å². The van der Waals surface area contributed by atoms with E-state index in [2.05, 4.69) is 0 Å². The van der Waals surface area contributed by atoms with Gasteiger partial charge in [0, 0.05) is 25.2 Å². The normalized spacial score (nSPS) is 28.5. The van der Waals surface area contributed by atoms with Gasteiger partial charge in [0.15, 0.2) is 0 Å². The quantitative estimate of drug-likeness (QED) is 0.442. The van der Waals surface area contributed by atoms with Gasteiger partial charge in [-0.3, -0.25) is 19.2 Å². The van der Waals surface area contributed by atoms with E-state index in [-0.39, 0.29) is 23.9 Å². The first kappa shape index (κ1) is 22.2.